The monoisotopic (exact) mass is 406 g/mol. The van der Waals surface area contributed by atoms with Crippen LogP contribution in [0.15, 0.2) is 84.3 Å². The van der Waals surface area contributed by atoms with Gasteiger partial charge in [-0.15, -0.1) is 0 Å². The zero-order valence-electron chi connectivity index (χ0n) is 16.0. The minimum absolute atomic E-state index is 0.219. The molecule has 148 valence electrons. The second-order valence-corrected chi connectivity index (χ2v) is 8.17. The fourth-order valence-corrected chi connectivity index (χ4v) is 3.48. The van der Waals surface area contributed by atoms with Crippen LogP contribution in [-0.2, 0) is 16.6 Å². The van der Waals surface area contributed by atoms with Crippen LogP contribution in [0.3, 0.4) is 0 Å². The lowest BCUT2D eigenvalue weighted by atomic mass is 10.1. The quantitative estimate of drug-likeness (QED) is 0.613. The number of aryl methyl sites for hydroxylation is 1. The number of carbonyl (C=O) groups excluding carboxylic acids is 1. The van der Waals surface area contributed by atoms with Gasteiger partial charge >= 0.3 is 0 Å². The van der Waals surface area contributed by atoms with Gasteiger partial charge in [-0.1, -0.05) is 60.2 Å². The minimum Gasteiger partial charge on any atom is -0.348 e. The largest absolute Gasteiger partial charge is 0.348 e. The van der Waals surface area contributed by atoms with Crippen molar-refractivity contribution < 1.29 is 13.2 Å². The molecule has 0 aliphatic heterocycles. The highest BCUT2D eigenvalue weighted by Crippen LogP contribution is 2.13. The molecule has 3 aromatic carbocycles. The van der Waals surface area contributed by atoms with Crippen LogP contribution in [0.4, 0.5) is 5.69 Å². The number of benzene rings is 3. The van der Waals surface area contributed by atoms with Gasteiger partial charge in [0, 0.05) is 17.8 Å². The molecule has 0 heterocycles. The Hall–Kier alpha value is -3.38. The fraction of sp³-hybridized carbons (Fsp3) is 0.0870. The molecule has 0 saturated heterocycles. The highest BCUT2D eigenvalue weighted by molar-refractivity contribution is 7.95. The topological polar surface area (TPSA) is 75.3 Å². The van der Waals surface area contributed by atoms with Gasteiger partial charge in [-0.25, -0.2) is 8.42 Å². The van der Waals surface area contributed by atoms with Gasteiger partial charge in [-0.3, -0.25) is 9.52 Å². The first-order valence-electron chi connectivity index (χ1n) is 9.11. The third-order valence-electron chi connectivity index (χ3n) is 4.22. The summed E-state index contributed by atoms with van der Waals surface area (Å²) in [6.45, 7) is 2.44. The molecule has 0 aliphatic carbocycles. The first-order valence-corrected chi connectivity index (χ1v) is 10.7. The summed E-state index contributed by atoms with van der Waals surface area (Å²) in [5, 5.41) is 3.97. The summed E-state index contributed by atoms with van der Waals surface area (Å²) in [6.07, 6.45) is 1.52. The molecule has 3 rings (SSSR count). The Morgan fingerprint density at radius 1 is 0.897 bits per heavy atom. The molecule has 0 spiro atoms. The van der Waals surface area contributed by atoms with Crippen molar-refractivity contribution in [3.05, 3.63) is 107 Å². The van der Waals surface area contributed by atoms with Gasteiger partial charge in [0.05, 0.1) is 5.41 Å². The van der Waals surface area contributed by atoms with Gasteiger partial charge in [0.15, 0.2) is 0 Å². The molecular weight excluding hydrogens is 384 g/mol. The standard InChI is InChI=1S/C23H22N2O3S/c1-18-7-9-20(10-8-18)17-24-23(26)21-11-13-22(14-12-21)25-29(27,28)16-15-19-5-3-2-4-6-19/h2-16,25H,17H2,1H3,(H,24,26)/b16-15-. The van der Waals surface area contributed by atoms with Crippen molar-refractivity contribution in [2.24, 2.45) is 0 Å². The lowest BCUT2D eigenvalue weighted by Gasteiger charge is -2.08. The maximum atomic E-state index is 12.3. The normalized spacial score (nSPS) is 11.3. The molecule has 0 radical (unpaired) electrons. The molecule has 0 unspecified atom stereocenters. The fourth-order valence-electron chi connectivity index (χ4n) is 2.61. The van der Waals surface area contributed by atoms with E-state index in [4.69, 9.17) is 0 Å². The van der Waals surface area contributed by atoms with E-state index in [1.54, 1.807) is 24.3 Å². The Kier molecular flexibility index (Phi) is 6.46. The maximum absolute atomic E-state index is 12.3. The number of sulfonamides is 1. The summed E-state index contributed by atoms with van der Waals surface area (Å²) in [6, 6.07) is 23.4. The average Bonchev–Trinajstić information content (AvgIpc) is 2.73. The number of hydrogen-bond acceptors (Lipinski definition) is 3. The molecule has 2 N–H and O–H groups in total. The van der Waals surface area contributed by atoms with E-state index >= 15 is 0 Å². The van der Waals surface area contributed by atoms with Crippen LogP contribution in [0.1, 0.15) is 27.0 Å². The van der Waals surface area contributed by atoms with Crippen LogP contribution >= 0.6 is 0 Å². The maximum Gasteiger partial charge on any atom is 0.255 e. The molecule has 6 heteroatoms. The van der Waals surface area contributed by atoms with Gasteiger partial charge in [-0.2, -0.15) is 0 Å². The van der Waals surface area contributed by atoms with Crippen LogP contribution in [0, 0.1) is 6.92 Å². The molecule has 29 heavy (non-hydrogen) atoms. The van der Waals surface area contributed by atoms with Crippen molar-refractivity contribution in [2.75, 3.05) is 4.72 Å². The van der Waals surface area contributed by atoms with E-state index in [-0.39, 0.29) is 5.91 Å². The summed E-state index contributed by atoms with van der Waals surface area (Å²) < 4.78 is 26.9. The summed E-state index contributed by atoms with van der Waals surface area (Å²) >= 11 is 0. The lowest BCUT2D eigenvalue weighted by Crippen LogP contribution is -2.22. The minimum atomic E-state index is -3.65. The molecule has 0 aromatic heterocycles. The molecular formula is C23H22N2O3S. The highest BCUT2D eigenvalue weighted by atomic mass is 32.2. The first kappa shape index (κ1) is 20.4. The van der Waals surface area contributed by atoms with Crippen LogP contribution in [0.2, 0.25) is 0 Å². The number of amides is 1. The number of nitrogens with one attached hydrogen (secondary N) is 2. The molecule has 5 nitrogen and oxygen atoms in total. The molecule has 3 aromatic rings. The Balaban J connectivity index is 1.58. The van der Waals surface area contributed by atoms with Crippen molar-refractivity contribution in [1.29, 1.82) is 0 Å². The molecule has 0 atom stereocenters. The van der Waals surface area contributed by atoms with Gasteiger partial charge in [-0.05, 0) is 48.4 Å². The predicted molar refractivity (Wildman–Crippen MR) is 117 cm³/mol. The second-order valence-electron chi connectivity index (χ2n) is 6.61. The van der Waals surface area contributed by atoms with Crippen LogP contribution in [-0.4, -0.2) is 14.3 Å². The summed E-state index contributed by atoms with van der Waals surface area (Å²) in [7, 11) is -3.65. The number of rotatable bonds is 7. The van der Waals surface area contributed by atoms with Crippen LogP contribution in [0.5, 0.6) is 0 Å². The van der Waals surface area contributed by atoms with Crippen molar-refractivity contribution in [2.45, 2.75) is 13.5 Å². The van der Waals surface area contributed by atoms with E-state index in [0.29, 0.717) is 17.8 Å². The second kappa shape index (κ2) is 9.21. The summed E-state index contributed by atoms with van der Waals surface area (Å²) in [4.78, 5) is 12.3. The zero-order chi connectivity index (χ0) is 20.7. The van der Waals surface area contributed by atoms with Crippen molar-refractivity contribution in [3.8, 4) is 0 Å². The summed E-state index contributed by atoms with van der Waals surface area (Å²) in [5.41, 5.74) is 3.81. The van der Waals surface area contributed by atoms with Crippen molar-refractivity contribution in [1.82, 2.24) is 5.32 Å². The smallest absolute Gasteiger partial charge is 0.255 e. The van der Waals surface area contributed by atoms with Gasteiger partial charge in [0.1, 0.15) is 0 Å². The molecule has 0 bridgehead atoms. The highest BCUT2D eigenvalue weighted by Gasteiger charge is 2.08. The van der Waals surface area contributed by atoms with Crippen LogP contribution in [0.25, 0.3) is 6.08 Å². The van der Waals surface area contributed by atoms with Gasteiger partial charge in [0.2, 0.25) is 0 Å². The van der Waals surface area contributed by atoms with E-state index in [9.17, 15) is 13.2 Å². The van der Waals surface area contributed by atoms with E-state index in [2.05, 4.69) is 10.0 Å². The van der Waals surface area contributed by atoms with E-state index in [1.165, 1.54) is 6.08 Å². The number of anilines is 1. The number of hydrogen-bond donors (Lipinski definition) is 2. The Labute approximate surface area is 171 Å². The molecule has 0 fully saturated rings. The zero-order valence-corrected chi connectivity index (χ0v) is 16.8. The molecule has 0 aliphatic rings. The lowest BCUT2D eigenvalue weighted by molar-refractivity contribution is 0.0951. The van der Waals surface area contributed by atoms with Crippen molar-refractivity contribution >= 4 is 27.7 Å². The average molecular weight is 407 g/mol. The van der Waals surface area contributed by atoms with E-state index in [1.807, 2.05) is 61.5 Å². The molecule has 0 saturated carbocycles. The Morgan fingerprint density at radius 3 is 2.21 bits per heavy atom. The van der Waals surface area contributed by atoms with Gasteiger partial charge < -0.3 is 5.32 Å². The van der Waals surface area contributed by atoms with Crippen molar-refractivity contribution in [3.63, 3.8) is 0 Å². The SMILES string of the molecule is Cc1ccc(CNC(=O)c2ccc(NS(=O)(=O)/C=C\c3ccccc3)cc2)cc1. The Morgan fingerprint density at radius 2 is 1.55 bits per heavy atom. The van der Waals surface area contributed by atoms with E-state index < -0.39 is 10.0 Å². The number of carbonyl (C=O) groups is 1. The third kappa shape index (κ3) is 6.33. The van der Waals surface area contributed by atoms with Crippen LogP contribution < -0.4 is 10.0 Å². The Bertz CT molecular complexity index is 1090. The summed E-state index contributed by atoms with van der Waals surface area (Å²) in [5.74, 6) is -0.219. The molecule has 1 amide bonds. The first-order chi connectivity index (χ1) is 13.9. The third-order valence-corrected chi connectivity index (χ3v) is 5.23. The van der Waals surface area contributed by atoms with E-state index in [0.717, 1.165) is 22.1 Å². The predicted octanol–water partition coefficient (Wildman–Crippen LogP) is 4.34. The van der Waals surface area contributed by atoms with Gasteiger partial charge in [0.25, 0.3) is 15.9 Å².